The molecule has 0 heterocycles. The summed E-state index contributed by atoms with van der Waals surface area (Å²) in [4.78, 5) is 0. The van der Waals surface area contributed by atoms with Crippen molar-refractivity contribution in [3.05, 3.63) is 0 Å². The van der Waals surface area contributed by atoms with Gasteiger partial charge in [0.1, 0.15) is 0 Å². The van der Waals surface area contributed by atoms with Gasteiger partial charge < -0.3 is 0 Å². The Bertz CT molecular complexity index is 98.1. The van der Waals surface area contributed by atoms with Gasteiger partial charge in [-0.25, -0.2) is 0 Å². The largest absolute Gasteiger partial charge is 0.250 e. The van der Waals surface area contributed by atoms with Crippen molar-refractivity contribution < 1.29 is 4.39 Å². The smallest absolute Gasteiger partial charge is 0.0950 e. The minimum absolute atomic E-state index is 0.0712. The highest BCUT2D eigenvalue weighted by Crippen LogP contribution is 2.37. The minimum Gasteiger partial charge on any atom is -0.250 e. The summed E-state index contributed by atoms with van der Waals surface area (Å²) in [6.07, 6.45) is 1.25. The lowest BCUT2D eigenvalue weighted by Crippen LogP contribution is -2.31. The Kier molecular flexibility index (Phi) is 6.69. The Morgan fingerprint density at radius 3 is 1.17 bits per heavy atom. The molecular weight excluding hydrogens is 151 g/mol. The summed E-state index contributed by atoms with van der Waals surface area (Å²) in [7, 11) is 0. The Hall–Kier alpha value is -0.0700. The van der Waals surface area contributed by atoms with Crippen molar-refractivity contribution in [3.63, 3.8) is 0 Å². The van der Waals surface area contributed by atoms with Gasteiger partial charge in [-0.15, -0.1) is 0 Å². The first-order valence-corrected chi connectivity index (χ1v) is 4.79. The monoisotopic (exact) mass is 176 g/mol. The lowest BCUT2D eigenvalue weighted by atomic mass is 9.70. The molecular formula is C11H25F. The predicted molar refractivity (Wildman–Crippen MR) is 55.2 cm³/mol. The van der Waals surface area contributed by atoms with Crippen molar-refractivity contribution in [2.24, 2.45) is 10.8 Å². The topological polar surface area (TPSA) is 0 Å². The number of halogens is 1. The van der Waals surface area contributed by atoms with Crippen molar-refractivity contribution in [1.82, 2.24) is 0 Å². The third-order valence-corrected chi connectivity index (χ3v) is 2.36. The van der Waals surface area contributed by atoms with E-state index in [0.717, 1.165) is 0 Å². The second kappa shape index (κ2) is 5.55. The molecule has 0 radical (unpaired) electrons. The molecule has 12 heavy (non-hydrogen) atoms. The number of rotatable bonds is 1. The second-order valence-corrected chi connectivity index (χ2v) is 4.97. The van der Waals surface area contributed by atoms with Crippen LogP contribution in [0.5, 0.6) is 0 Å². The Morgan fingerprint density at radius 2 is 1.17 bits per heavy atom. The summed E-state index contributed by atoms with van der Waals surface area (Å²) in [6, 6.07) is 0. The molecule has 0 rings (SSSR count). The molecule has 76 valence electrons. The molecule has 0 atom stereocenters. The third kappa shape index (κ3) is 5.56. The molecule has 0 N–H and O–H groups in total. The summed E-state index contributed by atoms with van der Waals surface area (Å²) in [6.45, 7) is 14.1. The SMILES string of the molecule is CC(C)(C)C(C)(C)CF.CCC. The Balaban J connectivity index is 0. The summed E-state index contributed by atoms with van der Waals surface area (Å²) in [5, 5.41) is 0. The lowest BCUT2D eigenvalue weighted by Gasteiger charge is -2.36. The van der Waals surface area contributed by atoms with Crippen molar-refractivity contribution in [1.29, 1.82) is 0 Å². The van der Waals surface area contributed by atoms with E-state index in [9.17, 15) is 4.39 Å². The van der Waals surface area contributed by atoms with E-state index in [1.165, 1.54) is 6.42 Å². The molecule has 0 unspecified atom stereocenters. The van der Waals surface area contributed by atoms with E-state index in [1.807, 2.05) is 13.8 Å². The van der Waals surface area contributed by atoms with E-state index in [-0.39, 0.29) is 17.5 Å². The fourth-order valence-electron chi connectivity index (χ4n) is 0.200. The molecule has 1 heteroatoms. The summed E-state index contributed by atoms with van der Waals surface area (Å²) < 4.78 is 12.3. The fourth-order valence-corrected chi connectivity index (χ4v) is 0.200. The molecule has 0 aliphatic carbocycles. The van der Waals surface area contributed by atoms with Gasteiger partial charge >= 0.3 is 0 Å². The van der Waals surface area contributed by atoms with Crippen molar-refractivity contribution in [2.45, 2.75) is 54.9 Å². The van der Waals surface area contributed by atoms with Gasteiger partial charge in [0.2, 0.25) is 0 Å². The molecule has 0 amide bonds. The van der Waals surface area contributed by atoms with E-state index >= 15 is 0 Å². The predicted octanol–water partition coefficient (Wildman–Crippen LogP) is 4.44. The van der Waals surface area contributed by atoms with Gasteiger partial charge in [-0.3, -0.25) is 4.39 Å². The van der Waals surface area contributed by atoms with Crippen LogP contribution in [0.15, 0.2) is 0 Å². The zero-order valence-corrected chi connectivity index (χ0v) is 9.79. The van der Waals surface area contributed by atoms with Crippen LogP contribution in [0.4, 0.5) is 4.39 Å². The highest BCUT2D eigenvalue weighted by molar-refractivity contribution is 4.81. The van der Waals surface area contributed by atoms with Crippen LogP contribution in [0.1, 0.15) is 54.9 Å². The van der Waals surface area contributed by atoms with Gasteiger partial charge in [-0.1, -0.05) is 54.9 Å². The maximum atomic E-state index is 12.3. The molecule has 0 bridgehead atoms. The molecule has 0 aromatic carbocycles. The zero-order valence-electron chi connectivity index (χ0n) is 9.79. The van der Waals surface area contributed by atoms with Gasteiger partial charge in [0.25, 0.3) is 0 Å². The molecule has 0 aromatic heterocycles. The van der Waals surface area contributed by atoms with Gasteiger partial charge in [0.05, 0.1) is 6.67 Å². The molecule has 0 aromatic rings. The molecule has 0 aliphatic rings. The normalized spacial score (nSPS) is 12.0. The molecule has 0 fully saturated rings. The first-order valence-electron chi connectivity index (χ1n) is 4.79. The van der Waals surface area contributed by atoms with Gasteiger partial charge in [-0.05, 0) is 10.8 Å². The van der Waals surface area contributed by atoms with E-state index in [2.05, 4.69) is 34.6 Å². The Morgan fingerprint density at radius 1 is 0.917 bits per heavy atom. The molecule has 0 nitrogen and oxygen atoms in total. The average Bonchev–Trinajstić information content (AvgIpc) is 1.87. The Labute approximate surface area is 77.6 Å². The standard InChI is InChI=1S/C8H17F.C3H8/c1-7(2,3)8(4,5)6-9;1-3-2/h6H2,1-5H3;3H2,1-2H3. The van der Waals surface area contributed by atoms with Crippen LogP contribution in [0.2, 0.25) is 0 Å². The first-order chi connectivity index (χ1) is 5.22. The highest BCUT2D eigenvalue weighted by Gasteiger charge is 2.32. The first kappa shape index (κ1) is 14.5. The second-order valence-electron chi connectivity index (χ2n) is 4.97. The van der Waals surface area contributed by atoms with Crippen LogP contribution in [0.3, 0.4) is 0 Å². The lowest BCUT2D eigenvalue weighted by molar-refractivity contribution is 0.0943. The van der Waals surface area contributed by atoms with Crippen LogP contribution < -0.4 is 0 Å². The number of hydrogen-bond acceptors (Lipinski definition) is 0. The zero-order chi connectivity index (χ0) is 10.4. The van der Waals surface area contributed by atoms with E-state index < -0.39 is 0 Å². The minimum atomic E-state index is -0.240. The third-order valence-electron chi connectivity index (χ3n) is 2.36. The quantitative estimate of drug-likeness (QED) is 0.554. The fraction of sp³-hybridized carbons (Fsp3) is 1.00. The van der Waals surface area contributed by atoms with Gasteiger partial charge in [0.15, 0.2) is 0 Å². The van der Waals surface area contributed by atoms with Crippen molar-refractivity contribution >= 4 is 0 Å². The van der Waals surface area contributed by atoms with Crippen LogP contribution in [0.25, 0.3) is 0 Å². The van der Waals surface area contributed by atoms with E-state index in [0.29, 0.717) is 0 Å². The van der Waals surface area contributed by atoms with Crippen LogP contribution in [0, 0.1) is 10.8 Å². The molecule has 0 saturated carbocycles. The highest BCUT2D eigenvalue weighted by atomic mass is 19.1. The van der Waals surface area contributed by atoms with Crippen LogP contribution in [-0.2, 0) is 0 Å². The van der Waals surface area contributed by atoms with Crippen molar-refractivity contribution in [3.8, 4) is 0 Å². The van der Waals surface area contributed by atoms with Crippen LogP contribution in [-0.4, -0.2) is 6.67 Å². The summed E-state index contributed by atoms with van der Waals surface area (Å²) in [5.74, 6) is 0. The van der Waals surface area contributed by atoms with E-state index in [1.54, 1.807) is 0 Å². The number of alkyl halides is 1. The maximum Gasteiger partial charge on any atom is 0.0950 e. The van der Waals surface area contributed by atoms with Gasteiger partial charge in [-0.2, -0.15) is 0 Å². The summed E-state index contributed by atoms with van der Waals surface area (Å²) >= 11 is 0. The molecule has 0 aliphatic heterocycles. The molecule has 0 saturated heterocycles. The van der Waals surface area contributed by atoms with Crippen molar-refractivity contribution in [2.75, 3.05) is 6.67 Å². The van der Waals surface area contributed by atoms with Crippen LogP contribution >= 0.6 is 0 Å². The molecule has 0 spiro atoms. The number of hydrogen-bond donors (Lipinski definition) is 0. The average molecular weight is 176 g/mol. The van der Waals surface area contributed by atoms with Gasteiger partial charge in [0, 0.05) is 0 Å². The summed E-state index contributed by atoms with van der Waals surface area (Å²) in [5.41, 5.74) is -0.116. The van der Waals surface area contributed by atoms with E-state index in [4.69, 9.17) is 0 Å². The maximum absolute atomic E-state index is 12.3.